The molecule has 0 aliphatic heterocycles. The number of benzene rings is 1. The molecule has 0 aliphatic carbocycles. The van der Waals surface area contributed by atoms with Crippen molar-refractivity contribution < 1.29 is 19.4 Å². The van der Waals surface area contributed by atoms with Crippen molar-refractivity contribution in [2.45, 2.75) is 26.9 Å². The molecular weight excluding hydrogens is 220 g/mol. The zero-order valence-corrected chi connectivity index (χ0v) is 10.1. The number of esters is 1. The maximum atomic E-state index is 11.7. The van der Waals surface area contributed by atoms with Crippen LogP contribution in [0.2, 0.25) is 0 Å². The predicted molar refractivity (Wildman–Crippen MR) is 62.4 cm³/mol. The summed E-state index contributed by atoms with van der Waals surface area (Å²) in [6, 6.07) is 8.42. The Hall–Kier alpha value is -1.84. The van der Waals surface area contributed by atoms with Crippen LogP contribution in [0.3, 0.4) is 0 Å². The molecule has 1 atom stereocenters. The number of hydrogen-bond donors (Lipinski definition) is 1. The molecule has 1 rings (SSSR count). The van der Waals surface area contributed by atoms with E-state index in [0.717, 1.165) is 0 Å². The van der Waals surface area contributed by atoms with Crippen LogP contribution in [0, 0.1) is 5.41 Å². The Labute approximate surface area is 100 Å². The zero-order valence-electron chi connectivity index (χ0n) is 10.1. The normalized spacial score (nSPS) is 12.9. The monoisotopic (exact) mass is 236 g/mol. The summed E-state index contributed by atoms with van der Waals surface area (Å²) in [6.45, 7) is 5.04. The number of rotatable bonds is 3. The highest BCUT2D eigenvalue weighted by atomic mass is 16.6. The SMILES string of the molecule is CC(C)(C)C(=O)O[C@@H](C(=O)O)c1ccccc1. The minimum absolute atomic E-state index is 0.456. The van der Waals surface area contributed by atoms with Crippen LogP contribution < -0.4 is 0 Å². The summed E-state index contributed by atoms with van der Waals surface area (Å²) in [7, 11) is 0. The fourth-order valence-corrected chi connectivity index (χ4v) is 1.17. The van der Waals surface area contributed by atoms with Gasteiger partial charge in [0.1, 0.15) is 0 Å². The maximum Gasteiger partial charge on any atom is 0.349 e. The van der Waals surface area contributed by atoms with E-state index in [0.29, 0.717) is 5.56 Å². The molecule has 4 nitrogen and oxygen atoms in total. The maximum absolute atomic E-state index is 11.7. The van der Waals surface area contributed by atoms with Crippen molar-refractivity contribution in [3.8, 4) is 0 Å². The van der Waals surface area contributed by atoms with Crippen LogP contribution in [0.4, 0.5) is 0 Å². The lowest BCUT2D eigenvalue weighted by Crippen LogP contribution is -2.28. The van der Waals surface area contributed by atoms with E-state index in [4.69, 9.17) is 9.84 Å². The van der Waals surface area contributed by atoms with Gasteiger partial charge in [0.05, 0.1) is 5.41 Å². The van der Waals surface area contributed by atoms with E-state index in [2.05, 4.69) is 0 Å². The van der Waals surface area contributed by atoms with Crippen molar-refractivity contribution >= 4 is 11.9 Å². The number of carboxylic acid groups (broad SMARTS) is 1. The van der Waals surface area contributed by atoms with Crippen LogP contribution in [0.25, 0.3) is 0 Å². The lowest BCUT2D eigenvalue weighted by molar-refractivity contribution is -0.170. The van der Waals surface area contributed by atoms with E-state index < -0.39 is 23.5 Å². The van der Waals surface area contributed by atoms with Gasteiger partial charge in [-0.2, -0.15) is 0 Å². The van der Waals surface area contributed by atoms with E-state index >= 15 is 0 Å². The second kappa shape index (κ2) is 4.99. The molecular formula is C13H16O4. The first kappa shape index (κ1) is 13.2. The van der Waals surface area contributed by atoms with Crippen LogP contribution in [0.1, 0.15) is 32.4 Å². The van der Waals surface area contributed by atoms with Crippen molar-refractivity contribution in [2.24, 2.45) is 5.41 Å². The van der Waals surface area contributed by atoms with Gasteiger partial charge in [-0.15, -0.1) is 0 Å². The second-order valence-corrected chi connectivity index (χ2v) is 4.78. The Morgan fingerprint density at radius 1 is 1.18 bits per heavy atom. The molecule has 0 radical (unpaired) electrons. The van der Waals surface area contributed by atoms with Crippen LogP contribution >= 0.6 is 0 Å². The minimum atomic E-state index is -1.25. The van der Waals surface area contributed by atoms with E-state index in [-0.39, 0.29) is 0 Å². The number of carbonyl (C=O) groups is 2. The van der Waals surface area contributed by atoms with Crippen LogP contribution in [-0.2, 0) is 14.3 Å². The molecule has 1 aromatic rings. The minimum Gasteiger partial charge on any atom is -0.478 e. The molecule has 0 heterocycles. The summed E-state index contributed by atoms with van der Waals surface area (Å²) in [4.78, 5) is 22.8. The molecule has 0 saturated heterocycles. The zero-order chi connectivity index (χ0) is 13.1. The first-order valence-electron chi connectivity index (χ1n) is 5.31. The highest BCUT2D eigenvalue weighted by molar-refractivity contribution is 5.81. The topological polar surface area (TPSA) is 63.6 Å². The third-order valence-corrected chi connectivity index (χ3v) is 2.16. The third kappa shape index (κ3) is 3.59. The van der Waals surface area contributed by atoms with Gasteiger partial charge in [0.15, 0.2) is 0 Å². The van der Waals surface area contributed by atoms with Crippen LogP contribution in [0.15, 0.2) is 30.3 Å². The summed E-state index contributed by atoms with van der Waals surface area (Å²) < 4.78 is 5.02. The summed E-state index contributed by atoms with van der Waals surface area (Å²) in [5, 5.41) is 9.06. The first-order chi connectivity index (χ1) is 7.82. The number of hydrogen-bond acceptors (Lipinski definition) is 3. The lowest BCUT2D eigenvalue weighted by Gasteiger charge is -2.21. The Kier molecular flexibility index (Phi) is 3.89. The van der Waals surface area contributed by atoms with Crippen molar-refractivity contribution in [1.82, 2.24) is 0 Å². The molecule has 0 aliphatic rings. The molecule has 0 aromatic heterocycles. The van der Waals surface area contributed by atoms with Gasteiger partial charge >= 0.3 is 11.9 Å². The summed E-state index contributed by atoms with van der Waals surface area (Å²) in [5.41, 5.74) is -0.264. The molecule has 1 aromatic carbocycles. The summed E-state index contributed by atoms with van der Waals surface area (Å²) in [6.07, 6.45) is -1.25. The van der Waals surface area contributed by atoms with E-state index in [1.54, 1.807) is 51.1 Å². The molecule has 92 valence electrons. The van der Waals surface area contributed by atoms with Crippen molar-refractivity contribution in [2.75, 3.05) is 0 Å². The van der Waals surface area contributed by atoms with Gasteiger partial charge in [0, 0.05) is 5.56 Å². The summed E-state index contributed by atoms with van der Waals surface area (Å²) in [5.74, 6) is -1.71. The molecule has 0 spiro atoms. The number of ether oxygens (including phenoxy) is 1. The molecule has 4 heteroatoms. The van der Waals surface area contributed by atoms with Gasteiger partial charge in [0.25, 0.3) is 0 Å². The standard InChI is InChI=1S/C13H16O4/c1-13(2,3)12(16)17-10(11(14)15)9-7-5-4-6-8-9/h4-8,10H,1-3H3,(H,14,15)/t10-/m1/s1. The van der Waals surface area contributed by atoms with Crippen LogP contribution in [0.5, 0.6) is 0 Å². The second-order valence-electron chi connectivity index (χ2n) is 4.78. The van der Waals surface area contributed by atoms with Gasteiger partial charge < -0.3 is 9.84 Å². The largest absolute Gasteiger partial charge is 0.478 e. The molecule has 0 unspecified atom stereocenters. The Morgan fingerprint density at radius 2 is 1.71 bits per heavy atom. The van der Waals surface area contributed by atoms with Gasteiger partial charge in [-0.25, -0.2) is 4.79 Å². The van der Waals surface area contributed by atoms with Crippen LogP contribution in [-0.4, -0.2) is 17.0 Å². The highest BCUT2D eigenvalue weighted by Gasteiger charge is 2.30. The van der Waals surface area contributed by atoms with Gasteiger partial charge in [0.2, 0.25) is 6.10 Å². The average molecular weight is 236 g/mol. The quantitative estimate of drug-likeness (QED) is 0.818. The molecule has 0 amide bonds. The Bertz CT molecular complexity index is 403. The number of carbonyl (C=O) groups excluding carboxylic acids is 1. The van der Waals surface area contributed by atoms with E-state index in [9.17, 15) is 9.59 Å². The van der Waals surface area contributed by atoms with Gasteiger partial charge in [-0.1, -0.05) is 30.3 Å². The van der Waals surface area contributed by atoms with Gasteiger partial charge in [-0.05, 0) is 20.8 Å². The van der Waals surface area contributed by atoms with E-state index in [1.165, 1.54) is 0 Å². The Balaban J connectivity index is 2.90. The predicted octanol–water partition coefficient (Wildman–Crippen LogP) is 2.40. The third-order valence-electron chi connectivity index (χ3n) is 2.16. The summed E-state index contributed by atoms with van der Waals surface area (Å²) >= 11 is 0. The Morgan fingerprint density at radius 3 is 2.12 bits per heavy atom. The van der Waals surface area contributed by atoms with Crippen molar-refractivity contribution in [1.29, 1.82) is 0 Å². The van der Waals surface area contributed by atoms with Crippen molar-refractivity contribution in [3.63, 3.8) is 0 Å². The van der Waals surface area contributed by atoms with Gasteiger partial charge in [-0.3, -0.25) is 4.79 Å². The smallest absolute Gasteiger partial charge is 0.349 e. The molecule has 0 saturated carbocycles. The molecule has 17 heavy (non-hydrogen) atoms. The molecule has 1 N–H and O–H groups in total. The average Bonchev–Trinajstić information content (AvgIpc) is 2.25. The number of carboxylic acids is 1. The number of aliphatic carboxylic acids is 1. The van der Waals surface area contributed by atoms with Crippen molar-refractivity contribution in [3.05, 3.63) is 35.9 Å². The highest BCUT2D eigenvalue weighted by Crippen LogP contribution is 2.23. The fraction of sp³-hybridized carbons (Fsp3) is 0.385. The van der Waals surface area contributed by atoms with E-state index in [1.807, 2.05) is 0 Å². The fourth-order valence-electron chi connectivity index (χ4n) is 1.17. The molecule has 0 fully saturated rings. The first-order valence-corrected chi connectivity index (χ1v) is 5.31. The lowest BCUT2D eigenvalue weighted by atomic mass is 9.97. The molecule has 0 bridgehead atoms.